The van der Waals surface area contributed by atoms with Crippen LogP contribution < -0.4 is 5.32 Å². The van der Waals surface area contributed by atoms with Gasteiger partial charge in [0.2, 0.25) is 5.91 Å². The zero-order chi connectivity index (χ0) is 15.4. The first-order valence-electron chi connectivity index (χ1n) is 7.38. The van der Waals surface area contributed by atoms with E-state index in [1.54, 1.807) is 0 Å². The summed E-state index contributed by atoms with van der Waals surface area (Å²) in [6.07, 6.45) is 0.432. The van der Waals surface area contributed by atoms with Gasteiger partial charge >= 0.3 is 0 Å². The Balaban J connectivity index is 2.02. The van der Waals surface area contributed by atoms with E-state index >= 15 is 0 Å². The van der Waals surface area contributed by atoms with Crippen molar-refractivity contribution in [1.29, 1.82) is 0 Å². The summed E-state index contributed by atoms with van der Waals surface area (Å²) in [6.45, 7) is 8.26. The molecule has 0 unspecified atom stereocenters. The highest BCUT2D eigenvalue weighted by Gasteiger charge is 2.11. The normalized spacial score (nSPS) is 12.0. The van der Waals surface area contributed by atoms with Gasteiger partial charge in [0, 0.05) is 0 Å². The third-order valence-corrected chi connectivity index (χ3v) is 4.02. The Labute approximate surface area is 127 Å². The largest absolute Gasteiger partial charge is 0.349 e. The number of hydrogen-bond donors (Lipinski definition) is 1. The van der Waals surface area contributed by atoms with Crippen LogP contribution in [0.2, 0.25) is 0 Å². The van der Waals surface area contributed by atoms with E-state index < -0.39 is 0 Å². The average molecular weight is 281 g/mol. The third kappa shape index (κ3) is 3.94. The number of aryl methyl sites for hydroxylation is 3. The minimum atomic E-state index is 0.0285. The smallest absolute Gasteiger partial charge is 0.224 e. The quantitative estimate of drug-likeness (QED) is 0.900. The molecule has 0 heterocycles. The van der Waals surface area contributed by atoms with Gasteiger partial charge in [-0.2, -0.15) is 0 Å². The molecule has 0 spiro atoms. The standard InChI is InChI=1S/C19H23NO/c1-13-9-10-18(11-15(13)3)16(4)20-19(21)12-17-8-6-5-7-14(17)2/h5-11,16H,12H2,1-4H3,(H,20,21)/t16-/m1/s1. The average Bonchev–Trinajstić information content (AvgIpc) is 2.44. The van der Waals surface area contributed by atoms with Crippen molar-refractivity contribution in [1.82, 2.24) is 5.32 Å². The number of carbonyl (C=O) groups is 1. The van der Waals surface area contributed by atoms with Crippen LogP contribution in [0.1, 0.15) is 40.8 Å². The van der Waals surface area contributed by atoms with Crippen molar-refractivity contribution in [2.45, 2.75) is 40.2 Å². The molecule has 0 saturated carbocycles. The summed E-state index contributed by atoms with van der Waals surface area (Å²) in [5.41, 5.74) is 5.93. The monoisotopic (exact) mass is 281 g/mol. The van der Waals surface area contributed by atoms with Gasteiger partial charge in [0.25, 0.3) is 0 Å². The summed E-state index contributed by atoms with van der Waals surface area (Å²) < 4.78 is 0. The summed E-state index contributed by atoms with van der Waals surface area (Å²) >= 11 is 0. The van der Waals surface area contributed by atoms with Crippen LogP contribution in [0, 0.1) is 20.8 Å². The molecular weight excluding hydrogens is 258 g/mol. The van der Waals surface area contributed by atoms with Gasteiger partial charge in [-0.25, -0.2) is 0 Å². The first kappa shape index (κ1) is 15.3. The topological polar surface area (TPSA) is 29.1 Å². The number of benzene rings is 2. The molecule has 110 valence electrons. The number of nitrogens with one attached hydrogen (secondary N) is 1. The molecule has 2 nitrogen and oxygen atoms in total. The Morgan fingerprint density at radius 3 is 2.38 bits per heavy atom. The van der Waals surface area contributed by atoms with Crippen LogP contribution in [-0.2, 0) is 11.2 Å². The van der Waals surface area contributed by atoms with E-state index in [2.05, 4.69) is 37.4 Å². The summed E-state index contributed by atoms with van der Waals surface area (Å²) in [6, 6.07) is 14.4. The molecule has 1 amide bonds. The predicted octanol–water partition coefficient (Wildman–Crippen LogP) is 4.03. The van der Waals surface area contributed by atoms with Gasteiger partial charge in [0.15, 0.2) is 0 Å². The molecule has 2 aromatic carbocycles. The molecule has 0 fully saturated rings. The number of rotatable bonds is 4. The minimum Gasteiger partial charge on any atom is -0.349 e. The van der Waals surface area contributed by atoms with E-state index in [1.807, 2.05) is 38.1 Å². The van der Waals surface area contributed by atoms with E-state index in [1.165, 1.54) is 11.1 Å². The lowest BCUT2D eigenvalue weighted by molar-refractivity contribution is -0.121. The molecule has 21 heavy (non-hydrogen) atoms. The molecule has 1 N–H and O–H groups in total. The molecule has 2 heteroatoms. The van der Waals surface area contributed by atoms with Crippen LogP contribution in [0.5, 0.6) is 0 Å². The van der Waals surface area contributed by atoms with Crippen LogP contribution >= 0.6 is 0 Å². The van der Waals surface area contributed by atoms with Gasteiger partial charge in [0.05, 0.1) is 12.5 Å². The molecule has 0 radical (unpaired) electrons. The van der Waals surface area contributed by atoms with Crippen molar-refractivity contribution in [2.24, 2.45) is 0 Å². The van der Waals surface area contributed by atoms with Crippen molar-refractivity contribution in [3.8, 4) is 0 Å². The molecule has 2 rings (SSSR count). The number of carbonyl (C=O) groups excluding carboxylic acids is 1. The first-order valence-corrected chi connectivity index (χ1v) is 7.38. The highest BCUT2D eigenvalue weighted by molar-refractivity contribution is 5.79. The first-order chi connectivity index (χ1) is 9.97. The van der Waals surface area contributed by atoms with Crippen molar-refractivity contribution in [2.75, 3.05) is 0 Å². The third-order valence-electron chi connectivity index (χ3n) is 4.02. The maximum atomic E-state index is 12.2. The lowest BCUT2D eigenvalue weighted by atomic mass is 10.0. The number of amides is 1. The van der Waals surface area contributed by atoms with Crippen LogP contribution in [-0.4, -0.2) is 5.91 Å². The Kier molecular flexibility index (Phi) is 4.79. The van der Waals surface area contributed by atoms with Crippen LogP contribution in [0.4, 0.5) is 0 Å². The van der Waals surface area contributed by atoms with Gasteiger partial charge in [0.1, 0.15) is 0 Å². The fourth-order valence-electron chi connectivity index (χ4n) is 2.39. The Hall–Kier alpha value is -2.09. The van der Waals surface area contributed by atoms with Crippen LogP contribution in [0.15, 0.2) is 42.5 Å². The SMILES string of the molecule is Cc1ccc([C@@H](C)NC(=O)Cc2ccccc2C)cc1C. The second-order valence-corrected chi connectivity index (χ2v) is 5.74. The fraction of sp³-hybridized carbons (Fsp3) is 0.316. The predicted molar refractivity (Wildman–Crippen MR) is 87.4 cm³/mol. The molecule has 0 bridgehead atoms. The minimum absolute atomic E-state index is 0.0285. The summed E-state index contributed by atoms with van der Waals surface area (Å²) in [5.74, 6) is 0.0648. The highest BCUT2D eigenvalue weighted by Crippen LogP contribution is 2.17. The maximum absolute atomic E-state index is 12.2. The van der Waals surface area contributed by atoms with Gasteiger partial charge in [-0.15, -0.1) is 0 Å². The lowest BCUT2D eigenvalue weighted by Gasteiger charge is -2.16. The fourth-order valence-corrected chi connectivity index (χ4v) is 2.39. The Bertz CT molecular complexity index is 646. The van der Waals surface area contributed by atoms with E-state index in [0.717, 1.165) is 16.7 Å². The van der Waals surface area contributed by atoms with E-state index in [0.29, 0.717) is 6.42 Å². The van der Waals surface area contributed by atoms with Crippen molar-refractivity contribution in [3.63, 3.8) is 0 Å². The van der Waals surface area contributed by atoms with E-state index in [4.69, 9.17) is 0 Å². The highest BCUT2D eigenvalue weighted by atomic mass is 16.1. The Morgan fingerprint density at radius 1 is 1.00 bits per heavy atom. The molecule has 0 aliphatic rings. The van der Waals surface area contributed by atoms with Crippen LogP contribution in [0.25, 0.3) is 0 Å². The van der Waals surface area contributed by atoms with E-state index in [9.17, 15) is 4.79 Å². The van der Waals surface area contributed by atoms with Gasteiger partial charge < -0.3 is 5.32 Å². The molecule has 2 aromatic rings. The molecule has 0 saturated heterocycles. The molecule has 0 aliphatic carbocycles. The van der Waals surface area contributed by atoms with Gasteiger partial charge in [-0.1, -0.05) is 42.5 Å². The zero-order valence-corrected chi connectivity index (χ0v) is 13.2. The molecule has 1 atom stereocenters. The molecule has 0 aliphatic heterocycles. The second kappa shape index (κ2) is 6.57. The van der Waals surface area contributed by atoms with Crippen LogP contribution in [0.3, 0.4) is 0 Å². The van der Waals surface area contributed by atoms with E-state index in [-0.39, 0.29) is 11.9 Å². The zero-order valence-electron chi connectivity index (χ0n) is 13.2. The van der Waals surface area contributed by atoms with Crippen molar-refractivity contribution >= 4 is 5.91 Å². The lowest BCUT2D eigenvalue weighted by Crippen LogP contribution is -2.28. The number of hydrogen-bond acceptors (Lipinski definition) is 1. The summed E-state index contributed by atoms with van der Waals surface area (Å²) in [7, 11) is 0. The van der Waals surface area contributed by atoms with Gasteiger partial charge in [-0.05, 0) is 55.5 Å². The second-order valence-electron chi connectivity index (χ2n) is 5.74. The Morgan fingerprint density at radius 2 is 1.71 bits per heavy atom. The van der Waals surface area contributed by atoms with Crippen molar-refractivity contribution in [3.05, 3.63) is 70.3 Å². The maximum Gasteiger partial charge on any atom is 0.224 e. The van der Waals surface area contributed by atoms with Crippen molar-refractivity contribution < 1.29 is 4.79 Å². The van der Waals surface area contributed by atoms with Gasteiger partial charge in [-0.3, -0.25) is 4.79 Å². The summed E-state index contributed by atoms with van der Waals surface area (Å²) in [4.78, 5) is 12.2. The molecular formula is C19H23NO. The molecule has 0 aromatic heterocycles. The summed E-state index contributed by atoms with van der Waals surface area (Å²) in [5, 5.41) is 3.08.